The Morgan fingerprint density at radius 3 is 2.72 bits per heavy atom. The van der Waals surface area contributed by atoms with Gasteiger partial charge in [0.1, 0.15) is 10.7 Å². The van der Waals surface area contributed by atoms with Crippen molar-refractivity contribution in [2.75, 3.05) is 54.4 Å². The van der Waals surface area contributed by atoms with Crippen molar-refractivity contribution in [2.45, 2.75) is 19.3 Å². The molecule has 4 heterocycles. The average molecular weight is 379 g/mol. The topological polar surface area (TPSA) is 73.4 Å². The van der Waals surface area contributed by atoms with Crippen LogP contribution in [0.3, 0.4) is 0 Å². The normalized spacial score (nSPS) is 18.4. The second-order valence-electron chi connectivity index (χ2n) is 6.30. The number of aromatic nitrogens is 2. The molecule has 134 valence electrons. The summed E-state index contributed by atoms with van der Waals surface area (Å²) in [4.78, 5) is 21.7. The maximum Gasteiger partial charge on any atom is 0.275 e. The first-order valence-corrected chi connectivity index (χ1v) is 10.4. The lowest BCUT2D eigenvalue weighted by molar-refractivity contribution is 0.102. The van der Waals surface area contributed by atoms with Crippen LogP contribution in [-0.4, -0.2) is 54.5 Å². The smallest absolute Gasteiger partial charge is 0.275 e. The van der Waals surface area contributed by atoms with Gasteiger partial charge < -0.3 is 20.4 Å². The molecular formula is C16H22N6OS2. The number of amides is 1. The van der Waals surface area contributed by atoms with Crippen LogP contribution in [0.2, 0.25) is 0 Å². The highest BCUT2D eigenvalue weighted by Crippen LogP contribution is 2.31. The van der Waals surface area contributed by atoms with Gasteiger partial charge in [-0.25, -0.2) is 4.98 Å². The van der Waals surface area contributed by atoms with Crippen LogP contribution in [0.25, 0.3) is 0 Å². The molecule has 0 radical (unpaired) electrons. The number of thiazole rings is 1. The number of hydrogen-bond donors (Lipinski definition) is 2. The Bertz CT molecular complexity index is 718. The van der Waals surface area contributed by atoms with Gasteiger partial charge in [0.25, 0.3) is 5.91 Å². The van der Waals surface area contributed by atoms with Crippen LogP contribution in [0.15, 0.2) is 11.6 Å². The Labute approximate surface area is 155 Å². The van der Waals surface area contributed by atoms with Gasteiger partial charge in [0.15, 0.2) is 5.13 Å². The summed E-state index contributed by atoms with van der Waals surface area (Å²) in [6, 6.07) is 0. The van der Waals surface area contributed by atoms with Crippen molar-refractivity contribution in [3.8, 4) is 0 Å². The molecule has 0 atom stereocenters. The highest BCUT2D eigenvalue weighted by atomic mass is 32.1. The van der Waals surface area contributed by atoms with Gasteiger partial charge in [0, 0.05) is 44.6 Å². The van der Waals surface area contributed by atoms with E-state index in [-0.39, 0.29) is 5.91 Å². The van der Waals surface area contributed by atoms with Gasteiger partial charge in [0.2, 0.25) is 0 Å². The number of rotatable bonds is 4. The summed E-state index contributed by atoms with van der Waals surface area (Å²) >= 11 is 2.98. The number of nitrogens with zero attached hydrogens (tertiary/aromatic N) is 4. The van der Waals surface area contributed by atoms with Gasteiger partial charge in [0.05, 0.1) is 11.9 Å². The third-order valence-electron chi connectivity index (χ3n) is 4.56. The average Bonchev–Trinajstić information content (AvgIpc) is 3.33. The summed E-state index contributed by atoms with van der Waals surface area (Å²) in [7, 11) is 0. The van der Waals surface area contributed by atoms with Crippen molar-refractivity contribution in [1.29, 1.82) is 0 Å². The molecule has 1 amide bonds. The zero-order valence-electron chi connectivity index (χ0n) is 14.0. The summed E-state index contributed by atoms with van der Waals surface area (Å²) < 4.78 is 4.26. The highest BCUT2D eigenvalue weighted by molar-refractivity contribution is 7.14. The molecular weight excluding hydrogens is 356 g/mol. The summed E-state index contributed by atoms with van der Waals surface area (Å²) in [5.41, 5.74) is 1.27. The SMILES string of the molecule is O=C(Nc1cnsc1N1CCNCC1)c1csc(N2CCCCC2)n1. The number of anilines is 3. The minimum Gasteiger partial charge on any atom is -0.358 e. The van der Waals surface area contributed by atoms with Gasteiger partial charge in [-0.15, -0.1) is 11.3 Å². The number of hydrogen-bond acceptors (Lipinski definition) is 8. The van der Waals surface area contributed by atoms with E-state index in [1.165, 1.54) is 30.8 Å². The lowest BCUT2D eigenvalue weighted by Gasteiger charge is -2.28. The maximum absolute atomic E-state index is 12.6. The number of piperidine rings is 1. The molecule has 2 N–H and O–H groups in total. The van der Waals surface area contributed by atoms with Gasteiger partial charge in [-0.1, -0.05) is 0 Å². The molecule has 0 aromatic carbocycles. The first-order valence-electron chi connectivity index (χ1n) is 8.73. The van der Waals surface area contributed by atoms with Gasteiger partial charge in [-0.3, -0.25) is 4.79 Å². The lowest BCUT2D eigenvalue weighted by Crippen LogP contribution is -2.43. The summed E-state index contributed by atoms with van der Waals surface area (Å²) in [5, 5.41) is 10.2. The van der Waals surface area contributed by atoms with Crippen LogP contribution >= 0.6 is 22.9 Å². The second kappa shape index (κ2) is 7.67. The Balaban J connectivity index is 1.44. The fourth-order valence-corrected chi connectivity index (χ4v) is 4.82. The van der Waals surface area contributed by atoms with Gasteiger partial charge >= 0.3 is 0 Å². The van der Waals surface area contributed by atoms with Crippen LogP contribution in [-0.2, 0) is 0 Å². The third-order valence-corrected chi connectivity index (χ3v) is 6.32. The molecule has 0 unspecified atom stereocenters. The van der Waals surface area contributed by atoms with Crippen LogP contribution in [0.4, 0.5) is 15.8 Å². The number of carbonyl (C=O) groups excluding carboxylic acids is 1. The van der Waals surface area contributed by atoms with Gasteiger partial charge in [-0.2, -0.15) is 4.37 Å². The Hall–Kier alpha value is -1.71. The molecule has 25 heavy (non-hydrogen) atoms. The molecule has 2 fully saturated rings. The van der Waals surface area contributed by atoms with E-state index in [1.54, 1.807) is 17.5 Å². The number of piperazine rings is 1. The zero-order chi connectivity index (χ0) is 17.1. The Morgan fingerprint density at radius 2 is 1.92 bits per heavy atom. The van der Waals surface area contributed by atoms with Crippen molar-refractivity contribution < 1.29 is 4.79 Å². The fourth-order valence-electron chi connectivity index (χ4n) is 3.20. The van der Waals surface area contributed by atoms with Crippen molar-refractivity contribution in [1.82, 2.24) is 14.7 Å². The van der Waals surface area contributed by atoms with Crippen molar-refractivity contribution in [3.63, 3.8) is 0 Å². The molecule has 2 aliphatic heterocycles. The van der Waals surface area contributed by atoms with E-state index in [9.17, 15) is 4.79 Å². The van der Waals surface area contributed by atoms with Crippen molar-refractivity contribution >= 4 is 44.6 Å². The quantitative estimate of drug-likeness (QED) is 0.850. The summed E-state index contributed by atoms with van der Waals surface area (Å²) in [6.07, 6.45) is 5.43. The minimum absolute atomic E-state index is 0.156. The Morgan fingerprint density at radius 1 is 1.12 bits per heavy atom. The molecule has 2 aromatic heterocycles. The predicted molar refractivity (Wildman–Crippen MR) is 103 cm³/mol. The summed E-state index contributed by atoms with van der Waals surface area (Å²) in [5.74, 6) is -0.156. The van der Waals surface area contributed by atoms with Crippen LogP contribution in [0.5, 0.6) is 0 Å². The second-order valence-corrected chi connectivity index (χ2v) is 7.92. The lowest BCUT2D eigenvalue weighted by atomic mass is 10.1. The Kier molecular flexibility index (Phi) is 5.14. The largest absolute Gasteiger partial charge is 0.358 e. The maximum atomic E-state index is 12.6. The zero-order valence-corrected chi connectivity index (χ0v) is 15.7. The van der Waals surface area contributed by atoms with Crippen LogP contribution < -0.4 is 20.4 Å². The molecule has 0 aliphatic carbocycles. The van der Waals surface area contributed by atoms with E-state index in [1.807, 2.05) is 5.38 Å². The van der Waals surface area contributed by atoms with Crippen molar-refractivity contribution in [3.05, 3.63) is 17.3 Å². The predicted octanol–water partition coefficient (Wildman–Crippen LogP) is 2.25. The highest BCUT2D eigenvalue weighted by Gasteiger charge is 2.21. The minimum atomic E-state index is -0.156. The molecule has 4 rings (SSSR count). The molecule has 0 saturated carbocycles. The third kappa shape index (κ3) is 3.78. The van der Waals surface area contributed by atoms with Gasteiger partial charge in [-0.05, 0) is 30.8 Å². The van der Waals surface area contributed by atoms with E-state index >= 15 is 0 Å². The number of carbonyl (C=O) groups is 1. The molecule has 2 aromatic rings. The first-order chi connectivity index (χ1) is 12.3. The van der Waals surface area contributed by atoms with E-state index < -0.39 is 0 Å². The van der Waals surface area contributed by atoms with Crippen LogP contribution in [0.1, 0.15) is 29.8 Å². The number of nitrogens with one attached hydrogen (secondary N) is 2. The van der Waals surface area contributed by atoms with E-state index in [4.69, 9.17) is 0 Å². The molecule has 0 bridgehead atoms. The van der Waals surface area contributed by atoms with E-state index in [0.29, 0.717) is 5.69 Å². The monoisotopic (exact) mass is 378 g/mol. The molecule has 2 aliphatic rings. The fraction of sp³-hybridized carbons (Fsp3) is 0.562. The molecule has 0 spiro atoms. The molecule has 2 saturated heterocycles. The van der Waals surface area contributed by atoms with E-state index in [2.05, 4.69) is 29.8 Å². The van der Waals surface area contributed by atoms with E-state index in [0.717, 1.165) is 55.1 Å². The van der Waals surface area contributed by atoms with Crippen molar-refractivity contribution in [2.24, 2.45) is 0 Å². The first kappa shape index (κ1) is 16.7. The summed E-state index contributed by atoms with van der Waals surface area (Å²) in [6.45, 7) is 5.85. The molecule has 9 heteroatoms. The standard InChI is InChI=1S/C16H22N6OS2/c23-14(13-11-24-16(20-13)22-6-2-1-3-7-22)19-12-10-18-25-15(12)21-8-4-17-5-9-21/h10-11,17H,1-9H2,(H,19,23). The molecule has 7 nitrogen and oxygen atoms in total. The van der Waals surface area contributed by atoms with Crippen LogP contribution in [0, 0.1) is 0 Å².